The summed E-state index contributed by atoms with van der Waals surface area (Å²) in [7, 11) is 0. The van der Waals surface area contributed by atoms with Crippen LogP contribution in [0.2, 0.25) is 0 Å². The number of carbonyl (C=O) groups excluding carboxylic acids is 1. The van der Waals surface area contributed by atoms with Crippen molar-refractivity contribution in [1.82, 2.24) is 9.88 Å². The summed E-state index contributed by atoms with van der Waals surface area (Å²) < 4.78 is 6.69. The largest absolute Gasteiger partial charge is 0.443 e. The van der Waals surface area contributed by atoms with Gasteiger partial charge in [0.25, 0.3) is 0 Å². The molecule has 0 bridgehead atoms. The van der Waals surface area contributed by atoms with Gasteiger partial charge in [-0.05, 0) is 45.7 Å². The van der Waals surface area contributed by atoms with Crippen molar-refractivity contribution in [1.29, 1.82) is 0 Å². The molecule has 2 aromatic rings. The predicted octanol–water partition coefficient (Wildman–Crippen LogP) is 4.67. The van der Waals surface area contributed by atoms with Crippen molar-refractivity contribution in [3.8, 4) is 0 Å². The highest BCUT2D eigenvalue weighted by Gasteiger charge is 2.27. The van der Waals surface area contributed by atoms with Crippen LogP contribution in [0.5, 0.6) is 0 Å². The highest BCUT2D eigenvalue weighted by molar-refractivity contribution is 7.16. The van der Waals surface area contributed by atoms with Gasteiger partial charge >= 0.3 is 6.09 Å². The first-order valence-corrected chi connectivity index (χ1v) is 8.36. The van der Waals surface area contributed by atoms with Crippen molar-refractivity contribution >= 4 is 33.3 Å². The molecule has 1 aliphatic heterocycles. The van der Waals surface area contributed by atoms with E-state index in [4.69, 9.17) is 4.74 Å². The lowest BCUT2D eigenvalue weighted by Crippen LogP contribution is -2.37. The lowest BCUT2D eigenvalue weighted by Gasteiger charge is -2.31. The summed E-state index contributed by atoms with van der Waals surface area (Å²) in [6, 6.07) is 6.15. The quantitative estimate of drug-likeness (QED) is 0.768. The Bertz CT molecular complexity index is 728. The summed E-state index contributed by atoms with van der Waals surface area (Å²) in [6.45, 7) is 6.36. The number of hydrogen-bond acceptors (Lipinski definition) is 4. The fourth-order valence-electron chi connectivity index (χ4n) is 2.52. The van der Waals surface area contributed by atoms with E-state index in [1.165, 1.54) is 0 Å². The Morgan fingerprint density at radius 3 is 2.95 bits per heavy atom. The van der Waals surface area contributed by atoms with Crippen molar-refractivity contribution in [3.63, 3.8) is 0 Å². The molecule has 3 rings (SSSR count). The van der Waals surface area contributed by atoms with E-state index in [1.54, 1.807) is 16.2 Å². The van der Waals surface area contributed by atoms with Gasteiger partial charge in [0.1, 0.15) is 5.60 Å². The molecule has 1 aromatic carbocycles. The number of benzene rings is 1. The van der Waals surface area contributed by atoms with E-state index in [1.807, 2.05) is 32.3 Å². The molecule has 0 saturated carbocycles. The van der Waals surface area contributed by atoms with E-state index >= 15 is 0 Å². The number of allylic oxidation sites excluding steroid dienone is 1. The molecule has 0 spiro atoms. The zero-order valence-corrected chi connectivity index (χ0v) is 13.9. The normalized spacial score (nSPS) is 15.8. The first-order chi connectivity index (χ1) is 10.4. The molecular formula is C17H20N2O2S. The molecular weight excluding hydrogens is 296 g/mol. The van der Waals surface area contributed by atoms with Gasteiger partial charge in [-0.3, -0.25) is 4.90 Å². The fraction of sp³-hybridized carbons (Fsp3) is 0.412. The van der Waals surface area contributed by atoms with Crippen LogP contribution in [0.15, 0.2) is 29.8 Å². The van der Waals surface area contributed by atoms with Crippen LogP contribution in [0, 0.1) is 0 Å². The minimum absolute atomic E-state index is 0.281. The van der Waals surface area contributed by atoms with Gasteiger partial charge in [0.05, 0.1) is 21.4 Å². The van der Waals surface area contributed by atoms with Crippen LogP contribution in [0.1, 0.15) is 39.2 Å². The maximum Gasteiger partial charge on any atom is 0.414 e. The Hall–Kier alpha value is -1.88. The number of amides is 1. The molecule has 0 fully saturated rings. The van der Waals surface area contributed by atoms with Gasteiger partial charge in [0.15, 0.2) is 0 Å². The zero-order valence-electron chi connectivity index (χ0n) is 13.1. The number of fused-ring (bicyclic) bond motifs is 1. The second-order valence-corrected chi connectivity index (χ2v) is 7.28. The van der Waals surface area contributed by atoms with Gasteiger partial charge in [-0.25, -0.2) is 9.78 Å². The predicted molar refractivity (Wildman–Crippen MR) is 89.8 cm³/mol. The third-order valence-electron chi connectivity index (χ3n) is 3.45. The number of thiazole rings is 1. The molecule has 2 heterocycles. The number of carbonyl (C=O) groups is 1. The molecule has 1 aromatic heterocycles. The highest BCUT2D eigenvalue weighted by Crippen LogP contribution is 2.29. The standard InChI is InChI=1S/C17H20N2O2S/c1-17(2,3)21-16(20)19-9-5-4-6-14(19)12-7-8-15-13(10-12)18-11-22-15/h6-8,10-11H,4-5,9H2,1-3H3. The average molecular weight is 316 g/mol. The zero-order chi connectivity index (χ0) is 15.7. The van der Waals surface area contributed by atoms with Gasteiger partial charge in [0.2, 0.25) is 0 Å². The van der Waals surface area contributed by atoms with E-state index in [2.05, 4.69) is 23.2 Å². The number of rotatable bonds is 1. The van der Waals surface area contributed by atoms with Gasteiger partial charge in [0, 0.05) is 12.1 Å². The topological polar surface area (TPSA) is 42.4 Å². The summed E-state index contributed by atoms with van der Waals surface area (Å²) >= 11 is 1.62. The van der Waals surface area contributed by atoms with E-state index in [0.29, 0.717) is 6.54 Å². The highest BCUT2D eigenvalue weighted by atomic mass is 32.1. The van der Waals surface area contributed by atoms with Crippen molar-refractivity contribution < 1.29 is 9.53 Å². The molecule has 0 N–H and O–H groups in total. The molecule has 5 heteroatoms. The number of nitrogens with zero attached hydrogens (tertiary/aromatic N) is 2. The Morgan fingerprint density at radius 1 is 1.36 bits per heavy atom. The van der Waals surface area contributed by atoms with Crippen LogP contribution in [-0.4, -0.2) is 28.1 Å². The van der Waals surface area contributed by atoms with Crippen molar-refractivity contribution in [3.05, 3.63) is 35.3 Å². The van der Waals surface area contributed by atoms with Crippen LogP contribution in [-0.2, 0) is 4.74 Å². The first kappa shape index (κ1) is 15.0. The number of hydrogen-bond donors (Lipinski definition) is 0. The molecule has 0 aliphatic carbocycles. The average Bonchev–Trinajstić information content (AvgIpc) is 2.92. The molecule has 4 nitrogen and oxygen atoms in total. The van der Waals surface area contributed by atoms with E-state index in [0.717, 1.165) is 34.3 Å². The monoisotopic (exact) mass is 316 g/mol. The van der Waals surface area contributed by atoms with E-state index in [-0.39, 0.29) is 6.09 Å². The third-order valence-corrected chi connectivity index (χ3v) is 4.26. The van der Waals surface area contributed by atoms with Crippen molar-refractivity contribution in [2.24, 2.45) is 0 Å². The third kappa shape index (κ3) is 3.14. The van der Waals surface area contributed by atoms with Gasteiger partial charge in [-0.1, -0.05) is 12.1 Å². The molecule has 0 unspecified atom stereocenters. The van der Waals surface area contributed by atoms with Gasteiger partial charge in [-0.2, -0.15) is 0 Å². The second-order valence-electron chi connectivity index (χ2n) is 6.40. The van der Waals surface area contributed by atoms with Gasteiger partial charge in [-0.15, -0.1) is 11.3 Å². The molecule has 0 radical (unpaired) electrons. The van der Waals surface area contributed by atoms with E-state index in [9.17, 15) is 4.79 Å². The fourth-order valence-corrected chi connectivity index (χ4v) is 3.18. The van der Waals surface area contributed by atoms with Crippen LogP contribution in [0.4, 0.5) is 4.79 Å². The Labute approximate surface area is 134 Å². The second kappa shape index (κ2) is 5.72. The summed E-state index contributed by atoms with van der Waals surface area (Å²) in [6.07, 6.45) is 3.77. The van der Waals surface area contributed by atoms with Crippen LogP contribution >= 0.6 is 11.3 Å². The van der Waals surface area contributed by atoms with Crippen LogP contribution in [0.3, 0.4) is 0 Å². The minimum Gasteiger partial charge on any atom is -0.443 e. The van der Waals surface area contributed by atoms with Crippen molar-refractivity contribution in [2.45, 2.75) is 39.2 Å². The van der Waals surface area contributed by atoms with Crippen molar-refractivity contribution in [2.75, 3.05) is 6.54 Å². The maximum absolute atomic E-state index is 12.5. The smallest absolute Gasteiger partial charge is 0.414 e. The summed E-state index contributed by atoms with van der Waals surface area (Å²) in [5.74, 6) is 0. The molecule has 116 valence electrons. The Kier molecular flexibility index (Phi) is 3.91. The van der Waals surface area contributed by atoms with Crippen LogP contribution in [0.25, 0.3) is 15.9 Å². The molecule has 0 saturated heterocycles. The maximum atomic E-state index is 12.5. The lowest BCUT2D eigenvalue weighted by molar-refractivity contribution is 0.0347. The number of aromatic nitrogens is 1. The summed E-state index contributed by atoms with van der Waals surface area (Å²) in [4.78, 5) is 18.6. The molecule has 0 atom stereocenters. The Balaban J connectivity index is 1.92. The summed E-state index contributed by atoms with van der Waals surface area (Å²) in [5, 5.41) is 0. The molecule has 1 amide bonds. The lowest BCUT2D eigenvalue weighted by atomic mass is 10.0. The summed E-state index contributed by atoms with van der Waals surface area (Å²) in [5.41, 5.74) is 4.27. The number of ether oxygens (including phenoxy) is 1. The molecule has 1 aliphatic rings. The van der Waals surface area contributed by atoms with Gasteiger partial charge < -0.3 is 4.74 Å². The minimum atomic E-state index is -0.488. The molecule has 22 heavy (non-hydrogen) atoms. The first-order valence-electron chi connectivity index (χ1n) is 7.48. The van der Waals surface area contributed by atoms with Crippen LogP contribution < -0.4 is 0 Å². The van der Waals surface area contributed by atoms with E-state index < -0.39 is 5.60 Å². The SMILES string of the molecule is CC(C)(C)OC(=O)N1CCCC=C1c1ccc2scnc2c1. The Morgan fingerprint density at radius 2 is 2.18 bits per heavy atom.